The molecule has 0 spiro atoms. The molecule has 1 atom stereocenters. The smallest absolute Gasteiger partial charge is 0.253 e. The average Bonchev–Trinajstić information content (AvgIpc) is 2.71. The van der Waals surface area contributed by atoms with Gasteiger partial charge in [-0.25, -0.2) is 0 Å². The monoisotopic (exact) mass is 399 g/mol. The van der Waals surface area contributed by atoms with Crippen LogP contribution in [-0.2, 0) is 4.79 Å². The minimum atomic E-state index is -0.743. The molecule has 0 aliphatic carbocycles. The van der Waals surface area contributed by atoms with Crippen molar-refractivity contribution in [3.05, 3.63) is 35.4 Å². The molecule has 3 amide bonds. The molecule has 2 rings (SSSR count). The van der Waals surface area contributed by atoms with E-state index in [1.807, 2.05) is 27.0 Å². The number of hydrogen-bond acceptors (Lipinski definition) is 5. The number of amides is 3. The maximum absolute atomic E-state index is 12.8. The molecule has 0 bridgehead atoms. The second-order valence-electron chi connectivity index (χ2n) is 7.71. The van der Waals surface area contributed by atoms with E-state index in [0.717, 1.165) is 13.1 Å². The Hall–Kier alpha value is -2.92. The predicted octanol–water partition coefficient (Wildman–Crippen LogP) is 0.858. The molecule has 1 aromatic carbocycles. The zero-order chi connectivity index (χ0) is 21.4. The molecule has 0 radical (unpaired) electrons. The molecule has 8 heteroatoms. The Balaban J connectivity index is 2.09. The molecule has 1 aromatic rings. The lowest BCUT2D eigenvalue weighted by Crippen LogP contribution is -2.48. The molecule has 0 unspecified atom stereocenters. The molecule has 1 heterocycles. The van der Waals surface area contributed by atoms with Crippen LogP contribution in [0.1, 0.15) is 41.0 Å². The van der Waals surface area contributed by atoms with E-state index >= 15 is 0 Å². The Morgan fingerprint density at radius 3 is 2.41 bits per heavy atom. The maximum Gasteiger partial charge on any atom is 0.253 e. The number of likely N-dealkylation sites (N-methyl/N-ethyl adjacent to an activating group) is 1. The third kappa shape index (κ3) is 6.57. The van der Waals surface area contributed by atoms with Gasteiger partial charge in [0.15, 0.2) is 0 Å². The Bertz CT molecular complexity index is 779. The molecule has 8 nitrogen and oxygen atoms in total. The molecule has 1 saturated heterocycles. The summed E-state index contributed by atoms with van der Waals surface area (Å²) in [5, 5.41) is 13.9. The zero-order valence-corrected chi connectivity index (χ0v) is 17.3. The normalized spacial score (nSPS) is 15.5. The summed E-state index contributed by atoms with van der Waals surface area (Å²) in [5.41, 5.74) is 0.781. The summed E-state index contributed by atoms with van der Waals surface area (Å²) in [6.45, 7) is 6.74. The van der Waals surface area contributed by atoms with Crippen molar-refractivity contribution < 1.29 is 14.4 Å². The number of nitrogens with one attached hydrogen (secondary N) is 2. The van der Waals surface area contributed by atoms with Gasteiger partial charge in [0, 0.05) is 37.3 Å². The Morgan fingerprint density at radius 2 is 1.79 bits per heavy atom. The quantitative estimate of drug-likeness (QED) is 0.662. The second-order valence-corrected chi connectivity index (χ2v) is 7.71. The lowest BCUT2D eigenvalue weighted by Gasteiger charge is -2.32. The minimum absolute atomic E-state index is 0.0988. The lowest BCUT2D eigenvalue weighted by molar-refractivity contribution is -0.123. The van der Waals surface area contributed by atoms with Crippen LogP contribution in [0.3, 0.4) is 0 Å². The first-order valence-electron chi connectivity index (χ1n) is 9.85. The Morgan fingerprint density at radius 1 is 1.14 bits per heavy atom. The van der Waals surface area contributed by atoms with Crippen LogP contribution < -0.4 is 10.6 Å². The predicted molar refractivity (Wildman–Crippen MR) is 109 cm³/mol. The fourth-order valence-corrected chi connectivity index (χ4v) is 3.18. The molecule has 156 valence electrons. The highest BCUT2D eigenvalue weighted by molar-refractivity contribution is 6.01. The highest BCUT2D eigenvalue weighted by Crippen LogP contribution is 2.12. The number of benzene rings is 1. The topological polar surface area (TPSA) is 106 Å². The number of carbonyl (C=O) groups excluding carboxylic acids is 3. The van der Waals surface area contributed by atoms with Crippen molar-refractivity contribution in [1.82, 2.24) is 20.4 Å². The molecular formula is C21H29N5O3. The fourth-order valence-electron chi connectivity index (χ4n) is 3.18. The van der Waals surface area contributed by atoms with Gasteiger partial charge in [0.05, 0.1) is 6.07 Å². The van der Waals surface area contributed by atoms with Crippen LogP contribution in [0.2, 0.25) is 0 Å². The van der Waals surface area contributed by atoms with Crippen molar-refractivity contribution in [2.24, 2.45) is 5.92 Å². The summed E-state index contributed by atoms with van der Waals surface area (Å²) in [6.07, 6.45) is 0.447. The van der Waals surface area contributed by atoms with Gasteiger partial charge in [-0.15, -0.1) is 0 Å². The molecule has 29 heavy (non-hydrogen) atoms. The number of hydrogen-bond donors (Lipinski definition) is 2. The first kappa shape index (κ1) is 22.4. The molecule has 1 aliphatic rings. The van der Waals surface area contributed by atoms with E-state index in [2.05, 4.69) is 15.5 Å². The molecule has 2 N–H and O–H groups in total. The third-order valence-electron chi connectivity index (χ3n) is 4.83. The van der Waals surface area contributed by atoms with Gasteiger partial charge in [-0.3, -0.25) is 14.4 Å². The fraction of sp³-hybridized carbons (Fsp3) is 0.524. The van der Waals surface area contributed by atoms with Crippen LogP contribution in [-0.4, -0.2) is 73.3 Å². The third-order valence-corrected chi connectivity index (χ3v) is 4.83. The number of piperazine rings is 1. The Labute approximate surface area is 171 Å². The van der Waals surface area contributed by atoms with Gasteiger partial charge >= 0.3 is 0 Å². The van der Waals surface area contributed by atoms with E-state index in [0.29, 0.717) is 30.6 Å². The Kier molecular flexibility index (Phi) is 8.16. The number of nitriles is 1. The summed E-state index contributed by atoms with van der Waals surface area (Å²) in [5.74, 6) is -0.731. The molecule has 1 fully saturated rings. The summed E-state index contributed by atoms with van der Waals surface area (Å²) in [6, 6.07) is 7.67. The minimum Gasteiger partial charge on any atom is -0.341 e. The average molecular weight is 399 g/mol. The highest BCUT2D eigenvalue weighted by Gasteiger charge is 2.24. The largest absolute Gasteiger partial charge is 0.341 e. The maximum atomic E-state index is 12.8. The van der Waals surface area contributed by atoms with Gasteiger partial charge in [-0.05, 0) is 37.6 Å². The lowest BCUT2D eigenvalue weighted by atomic mass is 10.0. The summed E-state index contributed by atoms with van der Waals surface area (Å²) in [4.78, 5) is 41.7. The van der Waals surface area contributed by atoms with E-state index in [9.17, 15) is 14.4 Å². The van der Waals surface area contributed by atoms with E-state index < -0.39 is 17.9 Å². The molecule has 0 aromatic heterocycles. The van der Waals surface area contributed by atoms with Crippen LogP contribution in [0.4, 0.5) is 0 Å². The van der Waals surface area contributed by atoms with Crippen molar-refractivity contribution in [2.45, 2.75) is 26.3 Å². The van der Waals surface area contributed by atoms with Crippen LogP contribution in [0.5, 0.6) is 0 Å². The van der Waals surface area contributed by atoms with E-state index in [1.165, 1.54) is 0 Å². The van der Waals surface area contributed by atoms with E-state index in [4.69, 9.17) is 5.26 Å². The van der Waals surface area contributed by atoms with Gasteiger partial charge in [-0.2, -0.15) is 5.26 Å². The van der Waals surface area contributed by atoms with Gasteiger partial charge < -0.3 is 20.4 Å². The summed E-state index contributed by atoms with van der Waals surface area (Å²) < 4.78 is 0. The van der Waals surface area contributed by atoms with Gasteiger partial charge in [-0.1, -0.05) is 19.9 Å². The van der Waals surface area contributed by atoms with Crippen molar-refractivity contribution in [3.63, 3.8) is 0 Å². The second kappa shape index (κ2) is 10.6. The van der Waals surface area contributed by atoms with Gasteiger partial charge in [0.1, 0.15) is 12.6 Å². The number of rotatable bonds is 7. The molecular weight excluding hydrogens is 370 g/mol. The van der Waals surface area contributed by atoms with Crippen LogP contribution in [0.25, 0.3) is 0 Å². The van der Waals surface area contributed by atoms with Crippen molar-refractivity contribution in [3.8, 4) is 6.07 Å². The van der Waals surface area contributed by atoms with Crippen LogP contribution in [0.15, 0.2) is 24.3 Å². The van der Waals surface area contributed by atoms with Gasteiger partial charge in [0.2, 0.25) is 5.91 Å². The summed E-state index contributed by atoms with van der Waals surface area (Å²) in [7, 11) is 2.02. The standard InChI is InChI=1S/C21H29N5O3/c1-15(2)13-18(20(28)23-8-7-22)24-19(27)16-5-4-6-17(14-16)21(29)26-11-9-25(3)10-12-26/h4-6,14-15,18H,8-13H2,1-3H3,(H,23,28)(H,24,27)/t18-/m0/s1. The SMILES string of the molecule is CC(C)C[C@H](NC(=O)c1cccc(C(=O)N2CCN(C)CC2)c1)C(=O)NCC#N. The first-order chi connectivity index (χ1) is 13.8. The van der Waals surface area contributed by atoms with E-state index in [1.54, 1.807) is 29.2 Å². The van der Waals surface area contributed by atoms with Crippen LogP contribution >= 0.6 is 0 Å². The first-order valence-corrected chi connectivity index (χ1v) is 9.85. The van der Waals surface area contributed by atoms with Crippen molar-refractivity contribution in [2.75, 3.05) is 39.8 Å². The molecule has 0 saturated carbocycles. The van der Waals surface area contributed by atoms with Crippen molar-refractivity contribution >= 4 is 17.7 Å². The van der Waals surface area contributed by atoms with Gasteiger partial charge in [0.25, 0.3) is 11.8 Å². The van der Waals surface area contributed by atoms with Crippen LogP contribution in [0, 0.1) is 17.2 Å². The number of nitrogens with zero attached hydrogens (tertiary/aromatic N) is 3. The van der Waals surface area contributed by atoms with E-state index in [-0.39, 0.29) is 18.4 Å². The molecule has 1 aliphatic heterocycles. The zero-order valence-electron chi connectivity index (χ0n) is 17.3. The number of carbonyl (C=O) groups is 3. The van der Waals surface area contributed by atoms with Crippen molar-refractivity contribution in [1.29, 1.82) is 5.26 Å². The summed E-state index contributed by atoms with van der Waals surface area (Å²) >= 11 is 0. The highest BCUT2D eigenvalue weighted by atomic mass is 16.2.